The molecule has 1 aliphatic rings. The maximum Gasteiger partial charge on any atom is 0.415 e. The summed E-state index contributed by atoms with van der Waals surface area (Å²) in [6, 6.07) is 12.0. The van der Waals surface area contributed by atoms with Crippen LogP contribution in [0.2, 0.25) is 0 Å². The number of likely N-dealkylation sites (N-methyl/N-ethyl adjacent to an activating group) is 1. The van der Waals surface area contributed by atoms with Gasteiger partial charge in [0.15, 0.2) is 0 Å². The van der Waals surface area contributed by atoms with Crippen LogP contribution in [-0.2, 0) is 0 Å². The summed E-state index contributed by atoms with van der Waals surface area (Å²) < 4.78 is 5.73. The molecule has 1 saturated heterocycles. The molecule has 0 aliphatic carbocycles. The molecule has 23 heavy (non-hydrogen) atoms. The van der Waals surface area contributed by atoms with Crippen molar-refractivity contribution in [3.63, 3.8) is 0 Å². The molecule has 1 aliphatic heterocycles. The van der Waals surface area contributed by atoms with Gasteiger partial charge in [-0.1, -0.05) is 24.3 Å². The minimum absolute atomic E-state index is 0.269. The average Bonchev–Trinajstić information content (AvgIpc) is 3.04. The smallest absolute Gasteiger partial charge is 0.409 e. The van der Waals surface area contributed by atoms with E-state index in [4.69, 9.17) is 4.74 Å². The maximum absolute atomic E-state index is 12.5. The van der Waals surface area contributed by atoms with Crippen molar-refractivity contribution in [2.24, 2.45) is 0 Å². The number of nitrogens with zero attached hydrogens (tertiary/aromatic N) is 2. The van der Waals surface area contributed by atoms with Gasteiger partial charge in [-0.05, 0) is 18.5 Å². The third-order valence-electron chi connectivity index (χ3n) is 4.50. The van der Waals surface area contributed by atoms with Crippen LogP contribution in [0.3, 0.4) is 0 Å². The van der Waals surface area contributed by atoms with E-state index in [1.807, 2.05) is 36.5 Å². The Hall–Kier alpha value is -2.53. The summed E-state index contributed by atoms with van der Waals surface area (Å²) in [4.78, 5) is 19.7. The van der Waals surface area contributed by atoms with Gasteiger partial charge in [0, 0.05) is 54.7 Å². The van der Waals surface area contributed by atoms with E-state index in [-0.39, 0.29) is 6.09 Å². The highest BCUT2D eigenvalue weighted by atomic mass is 16.6. The fourth-order valence-electron chi connectivity index (χ4n) is 3.11. The molecule has 0 saturated carbocycles. The minimum Gasteiger partial charge on any atom is -0.409 e. The summed E-state index contributed by atoms with van der Waals surface area (Å²) in [5.74, 6) is 0.611. The Morgan fingerprint density at radius 1 is 1.04 bits per heavy atom. The molecule has 0 atom stereocenters. The Kier molecular flexibility index (Phi) is 3.42. The first-order chi connectivity index (χ1) is 11.2. The van der Waals surface area contributed by atoms with Crippen LogP contribution >= 0.6 is 0 Å². The van der Waals surface area contributed by atoms with Gasteiger partial charge in [0.05, 0.1) is 0 Å². The summed E-state index contributed by atoms with van der Waals surface area (Å²) in [6.45, 7) is 3.17. The van der Waals surface area contributed by atoms with Crippen molar-refractivity contribution < 1.29 is 9.53 Å². The van der Waals surface area contributed by atoms with E-state index < -0.39 is 0 Å². The van der Waals surface area contributed by atoms with Crippen molar-refractivity contribution in [3.05, 3.63) is 42.6 Å². The molecule has 0 spiro atoms. The quantitative estimate of drug-likeness (QED) is 0.751. The molecule has 1 aromatic heterocycles. The van der Waals surface area contributed by atoms with E-state index in [0.29, 0.717) is 18.8 Å². The lowest BCUT2D eigenvalue weighted by Crippen LogP contribution is -2.48. The van der Waals surface area contributed by atoms with E-state index >= 15 is 0 Å². The second-order valence-electron chi connectivity index (χ2n) is 6.02. The predicted molar refractivity (Wildman–Crippen MR) is 90.9 cm³/mol. The number of aromatic nitrogens is 1. The topological polar surface area (TPSA) is 48.6 Å². The molecule has 118 valence electrons. The molecule has 0 radical (unpaired) electrons. The SMILES string of the molecule is CN1CCN(C(=O)Oc2cc3[nH]ccc3c3ccccc23)CC1. The molecule has 4 rings (SSSR count). The third kappa shape index (κ3) is 2.53. The van der Waals surface area contributed by atoms with Crippen molar-refractivity contribution in [1.82, 2.24) is 14.8 Å². The Morgan fingerprint density at radius 3 is 2.57 bits per heavy atom. The highest BCUT2D eigenvalue weighted by molar-refractivity contribution is 6.09. The van der Waals surface area contributed by atoms with Crippen molar-refractivity contribution in [3.8, 4) is 5.75 Å². The van der Waals surface area contributed by atoms with Crippen LogP contribution in [0, 0.1) is 0 Å². The first kappa shape index (κ1) is 14.1. The minimum atomic E-state index is -0.269. The standard InChI is InChI=1S/C18H19N3O2/c1-20-8-10-21(11-9-20)18(22)23-17-12-16-14(6-7-19-16)13-4-2-3-5-15(13)17/h2-7,12,19H,8-11H2,1H3. The molecule has 5 nitrogen and oxygen atoms in total. The number of carbonyl (C=O) groups is 1. The normalized spacial score (nSPS) is 16.1. The zero-order chi connectivity index (χ0) is 15.8. The monoisotopic (exact) mass is 309 g/mol. The van der Waals surface area contributed by atoms with E-state index in [0.717, 1.165) is 34.8 Å². The number of H-pyrrole nitrogens is 1. The molecule has 0 bridgehead atoms. The van der Waals surface area contributed by atoms with Gasteiger partial charge in [-0.2, -0.15) is 0 Å². The Morgan fingerprint density at radius 2 is 1.78 bits per heavy atom. The molecule has 3 aromatic rings. The molecule has 2 heterocycles. The molecule has 2 aromatic carbocycles. The summed E-state index contributed by atoms with van der Waals surface area (Å²) >= 11 is 0. The lowest BCUT2D eigenvalue weighted by Gasteiger charge is -2.31. The van der Waals surface area contributed by atoms with Gasteiger partial charge in [-0.25, -0.2) is 4.79 Å². The number of rotatable bonds is 1. The highest BCUT2D eigenvalue weighted by Gasteiger charge is 2.21. The number of benzene rings is 2. The van der Waals surface area contributed by atoms with Gasteiger partial charge in [0.1, 0.15) is 5.75 Å². The first-order valence-corrected chi connectivity index (χ1v) is 7.86. The van der Waals surface area contributed by atoms with Gasteiger partial charge >= 0.3 is 6.09 Å². The second kappa shape index (κ2) is 5.59. The molecule has 1 amide bonds. The maximum atomic E-state index is 12.5. The zero-order valence-electron chi connectivity index (χ0n) is 13.1. The van der Waals surface area contributed by atoms with Crippen LogP contribution in [0.4, 0.5) is 4.79 Å². The van der Waals surface area contributed by atoms with E-state index in [1.165, 1.54) is 0 Å². The van der Waals surface area contributed by atoms with E-state index in [1.54, 1.807) is 4.90 Å². The van der Waals surface area contributed by atoms with Gasteiger partial charge in [0.25, 0.3) is 0 Å². The molecular weight excluding hydrogens is 290 g/mol. The van der Waals surface area contributed by atoms with E-state index in [9.17, 15) is 4.79 Å². The van der Waals surface area contributed by atoms with Crippen LogP contribution < -0.4 is 4.74 Å². The zero-order valence-corrected chi connectivity index (χ0v) is 13.1. The van der Waals surface area contributed by atoms with Crippen LogP contribution in [0.15, 0.2) is 42.6 Å². The third-order valence-corrected chi connectivity index (χ3v) is 4.50. The van der Waals surface area contributed by atoms with Gasteiger partial charge in [0.2, 0.25) is 0 Å². The Balaban J connectivity index is 1.68. The fourth-order valence-corrected chi connectivity index (χ4v) is 3.11. The number of hydrogen-bond acceptors (Lipinski definition) is 3. The molecule has 1 N–H and O–H groups in total. The predicted octanol–water partition coefficient (Wildman–Crippen LogP) is 3.07. The number of fused-ring (bicyclic) bond motifs is 3. The number of piperazine rings is 1. The Labute approximate surface area is 134 Å². The van der Waals surface area contributed by atoms with Crippen molar-refractivity contribution >= 4 is 27.8 Å². The Bertz CT molecular complexity index is 863. The summed E-state index contributed by atoms with van der Waals surface area (Å²) in [7, 11) is 2.06. The lowest BCUT2D eigenvalue weighted by molar-refractivity contribution is 0.121. The number of ether oxygens (including phenoxy) is 1. The van der Waals surface area contributed by atoms with Gasteiger partial charge < -0.3 is 19.5 Å². The van der Waals surface area contributed by atoms with Crippen molar-refractivity contribution in [1.29, 1.82) is 0 Å². The van der Waals surface area contributed by atoms with Crippen LogP contribution in [-0.4, -0.2) is 54.1 Å². The van der Waals surface area contributed by atoms with Gasteiger partial charge in [-0.15, -0.1) is 0 Å². The van der Waals surface area contributed by atoms with Crippen molar-refractivity contribution in [2.75, 3.05) is 33.2 Å². The molecule has 5 heteroatoms. The number of carbonyl (C=O) groups excluding carboxylic acids is 1. The first-order valence-electron chi connectivity index (χ1n) is 7.86. The van der Waals surface area contributed by atoms with Gasteiger partial charge in [-0.3, -0.25) is 0 Å². The number of aromatic amines is 1. The molecule has 0 unspecified atom stereocenters. The van der Waals surface area contributed by atoms with E-state index in [2.05, 4.69) is 23.0 Å². The number of nitrogens with one attached hydrogen (secondary N) is 1. The summed E-state index contributed by atoms with van der Waals surface area (Å²) in [5, 5.41) is 3.19. The largest absolute Gasteiger partial charge is 0.415 e. The summed E-state index contributed by atoms with van der Waals surface area (Å²) in [5.41, 5.74) is 0.977. The van der Waals surface area contributed by atoms with Crippen LogP contribution in [0.25, 0.3) is 21.7 Å². The second-order valence-corrected chi connectivity index (χ2v) is 6.02. The lowest BCUT2D eigenvalue weighted by atomic mass is 10.1. The number of amides is 1. The number of hydrogen-bond donors (Lipinski definition) is 1. The van der Waals surface area contributed by atoms with Crippen LogP contribution in [0.5, 0.6) is 5.75 Å². The highest BCUT2D eigenvalue weighted by Crippen LogP contribution is 2.33. The average molecular weight is 309 g/mol. The summed E-state index contributed by atoms with van der Waals surface area (Å²) in [6.07, 6.45) is 1.64. The fraction of sp³-hybridized carbons (Fsp3) is 0.278. The molecular formula is C18H19N3O2. The van der Waals surface area contributed by atoms with Crippen LogP contribution in [0.1, 0.15) is 0 Å². The molecule has 1 fully saturated rings. The van der Waals surface area contributed by atoms with Crippen molar-refractivity contribution in [2.45, 2.75) is 0 Å².